The molecule has 24 aromatic carbocycles. The summed E-state index contributed by atoms with van der Waals surface area (Å²) in [7, 11) is 0. The monoisotopic (exact) mass is 1720 g/mol. The van der Waals surface area contributed by atoms with Crippen molar-refractivity contribution in [1.29, 1.82) is 0 Å². The number of benzene rings is 24. The zero-order chi connectivity index (χ0) is 89.2. The van der Waals surface area contributed by atoms with Crippen LogP contribution in [0.1, 0.15) is 0 Å². The molecule has 0 amide bonds. The smallest absolute Gasteiger partial charge is 0.143 e. The summed E-state index contributed by atoms with van der Waals surface area (Å²) in [6.07, 6.45) is 0. The SMILES string of the molecule is c1ccc(-c2ccccc2-c2c3ccccc3c(-c3cc(-c4ccccc4)c4oc5ccccc5c4c3)c3ccccc23)cc1.c1ccc(-c2ccccc2-c2c3ccccc3c(-c3cc4c(cc3-c3ccccc3)oc3ccccc34)c3ccccc23)cc1.c1ccc(-c2ccccc2-c2c3ccccc3c(-c3ccc4oc5c(-c6ccccc6)cccc5c4c3)c3ccccc23)cc1. The van der Waals surface area contributed by atoms with Gasteiger partial charge in [0.2, 0.25) is 0 Å². The largest absolute Gasteiger partial charge is 0.456 e. The first kappa shape index (κ1) is 79.4. The Kier molecular flexibility index (Phi) is 20.0. The van der Waals surface area contributed by atoms with Crippen LogP contribution in [0.4, 0.5) is 0 Å². The molecular formula is C132H84O3. The third-order valence-corrected chi connectivity index (χ3v) is 27.2. The maximum atomic E-state index is 6.54. The molecule has 0 aliphatic heterocycles. The second-order valence-electron chi connectivity index (χ2n) is 34.8. The molecule has 27 rings (SSSR count). The van der Waals surface area contributed by atoms with Crippen molar-refractivity contribution in [2.24, 2.45) is 0 Å². The van der Waals surface area contributed by atoms with E-state index in [0.29, 0.717) is 0 Å². The highest BCUT2D eigenvalue weighted by Crippen LogP contribution is 2.54. The van der Waals surface area contributed by atoms with Crippen LogP contribution in [0.25, 0.3) is 264 Å². The lowest BCUT2D eigenvalue weighted by atomic mass is 9.82. The summed E-state index contributed by atoms with van der Waals surface area (Å²) in [5.74, 6) is 0. The minimum absolute atomic E-state index is 0.902. The van der Waals surface area contributed by atoms with Crippen molar-refractivity contribution in [3.05, 3.63) is 510 Å². The van der Waals surface area contributed by atoms with E-state index in [0.717, 1.165) is 93.6 Å². The van der Waals surface area contributed by atoms with Crippen molar-refractivity contribution < 1.29 is 13.3 Å². The maximum Gasteiger partial charge on any atom is 0.143 e. The number of fused-ring (bicyclic) bond motifs is 15. The number of rotatable bonds is 12. The Morgan fingerprint density at radius 1 is 0.0963 bits per heavy atom. The Morgan fingerprint density at radius 2 is 0.348 bits per heavy atom. The summed E-state index contributed by atoms with van der Waals surface area (Å²) in [5.41, 5.74) is 34.5. The van der Waals surface area contributed by atoms with E-state index in [1.807, 2.05) is 12.1 Å². The average molecular weight is 1720 g/mol. The van der Waals surface area contributed by atoms with Crippen LogP contribution in [0.3, 0.4) is 0 Å². The molecule has 3 nitrogen and oxygen atoms in total. The topological polar surface area (TPSA) is 39.4 Å². The van der Waals surface area contributed by atoms with E-state index in [2.05, 4.69) is 497 Å². The highest BCUT2D eigenvalue weighted by molar-refractivity contribution is 6.28. The fourth-order valence-electron chi connectivity index (χ4n) is 21.3. The van der Waals surface area contributed by atoms with Gasteiger partial charge in [0.15, 0.2) is 0 Å². The average Bonchev–Trinajstić information content (AvgIpc) is 1.66. The van der Waals surface area contributed by atoms with Gasteiger partial charge in [-0.25, -0.2) is 0 Å². The van der Waals surface area contributed by atoms with Crippen molar-refractivity contribution >= 4 is 130 Å². The Bertz CT molecular complexity index is 9100. The molecule has 27 aromatic rings. The molecule has 630 valence electrons. The number of para-hydroxylation sites is 3. The first-order valence-corrected chi connectivity index (χ1v) is 46.3. The maximum absolute atomic E-state index is 6.54. The van der Waals surface area contributed by atoms with Crippen LogP contribution < -0.4 is 0 Å². The van der Waals surface area contributed by atoms with Crippen LogP contribution >= 0.6 is 0 Å². The first-order chi connectivity index (χ1) is 67.0. The third kappa shape index (κ3) is 13.9. The zero-order valence-corrected chi connectivity index (χ0v) is 73.7. The minimum atomic E-state index is 0.902. The van der Waals surface area contributed by atoms with E-state index >= 15 is 0 Å². The van der Waals surface area contributed by atoms with Gasteiger partial charge in [-0.2, -0.15) is 0 Å². The fourth-order valence-corrected chi connectivity index (χ4v) is 21.3. The second kappa shape index (κ2) is 33.9. The van der Waals surface area contributed by atoms with Gasteiger partial charge in [0.25, 0.3) is 0 Å². The summed E-state index contributed by atoms with van der Waals surface area (Å²) in [5, 5.41) is 21.7. The Hall–Kier alpha value is -17.8. The molecular weight excluding hydrogens is 1630 g/mol. The molecule has 0 bridgehead atoms. The third-order valence-electron chi connectivity index (χ3n) is 27.2. The second-order valence-corrected chi connectivity index (χ2v) is 34.8. The van der Waals surface area contributed by atoms with Gasteiger partial charge in [-0.15, -0.1) is 0 Å². The molecule has 0 fully saturated rings. The van der Waals surface area contributed by atoms with Crippen molar-refractivity contribution in [3.8, 4) is 134 Å². The summed E-state index contributed by atoms with van der Waals surface area (Å²) < 4.78 is 19.5. The van der Waals surface area contributed by atoms with Crippen LogP contribution in [-0.4, -0.2) is 0 Å². The molecule has 3 heterocycles. The van der Waals surface area contributed by atoms with E-state index in [1.54, 1.807) is 0 Å². The first-order valence-electron chi connectivity index (χ1n) is 46.3. The van der Waals surface area contributed by atoms with Gasteiger partial charge >= 0.3 is 0 Å². The van der Waals surface area contributed by atoms with E-state index < -0.39 is 0 Å². The number of hydrogen-bond donors (Lipinski definition) is 0. The van der Waals surface area contributed by atoms with Crippen molar-refractivity contribution in [3.63, 3.8) is 0 Å². The van der Waals surface area contributed by atoms with Crippen molar-refractivity contribution in [2.45, 2.75) is 0 Å². The summed E-state index contributed by atoms with van der Waals surface area (Å²) in [4.78, 5) is 0. The van der Waals surface area contributed by atoms with Crippen molar-refractivity contribution in [1.82, 2.24) is 0 Å². The van der Waals surface area contributed by atoms with E-state index in [9.17, 15) is 0 Å². The Balaban J connectivity index is 0.000000108. The van der Waals surface area contributed by atoms with Gasteiger partial charge in [0, 0.05) is 43.4 Å². The van der Waals surface area contributed by atoms with Gasteiger partial charge < -0.3 is 13.3 Å². The van der Waals surface area contributed by atoms with Crippen LogP contribution in [0.5, 0.6) is 0 Å². The van der Waals surface area contributed by atoms with Gasteiger partial charge in [-0.05, 0) is 236 Å². The molecule has 0 saturated carbocycles. The summed E-state index contributed by atoms with van der Waals surface area (Å²) >= 11 is 0. The lowest BCUT2D eigenvalue weighted by Gasteiger charge is -2.21. The molecule has 0 radical (unpaired) electrons. The predicted octanol–water partition coefficient (Wildman–Crippen LogP) is 37.7. The van der Waals surface area contributed by atoms with E-state index in [1.165, 1.54) is 170 Å². The number of furan rings is 3. The normalized spacial score (nSPS) is 11.6. The molecule has 135 heavy (non-hydrogen) atoms. The minimum Gasteiger partial charge on any atom is -0.456 e. The van der Waals surface area contributed by atoms with E-state index in [4.69, 9.17) is 13.3 Å². The molecule has 0 aliphatic rings. The summed E-state index contributed by atoms with van der Waals surface area (Å²) in [6, 6.07) is 183. The Labute approximate surface area is 781 Å². The molecule has 0 atom stereocenters. The zero-order valence-electron chi connectivity index (χ0n) is 73.7. The number of hydrogen-bond acceptors (Lipinski definition) is 3. The Morgan fingerprint density at radius 3 is 0.741 bits per heavy atom. The molecule has 0 aliphatic carbocycles. The van der Waals surface area contributed by atoms with Gasteiger partial charge in [0.05, 0.1) is 0 Å². The van der Waals surface area contributed by atoms with Crippen LogP contribution in [-0.2, 0) is 0 Å². The molecule has 3 aromatic heterocycles. The van der Waals surface area contributed by atoms with Gasteiger partial charge in [-0.3, -0.25) is 0 Å². The molecule has 0 spiro atoms. The van der Waals surface area contributed by atoms with E-state index in [-0.39, 0.29) is 0 Å². The molecule has 3 heteroatoms. The summed E-state index contributed by atoms with van der Waals surface area (Å²) in [6.45, 7) is 0. The van der Waals surface area contributed by atoms with Crippen molar-refractivity contribution in [2.75, 3.05) is 0 Å². The fraction of sp³-hybridized carbons (Fsp3) is 0. The molecule has 0 N–H and O–H groups in total. The highest BCUT2D eigenvalue weighted by Gasteiger charge is 2.27. The lowest BCUT2D eigenvalue weighted by Crippen LogP contribution is -1.94. The van der Waals surface area contributed by atoms with Gasteiger partial charge in [0.1, 0.15) is 33.5 Å². The highest BCUT2D eigenvalue weighted by atomic mass is 16.3. The molecule has 0 unspecified atom stereocenters. The van der Waals surface area contributed by atoms with Crippen LogP contribution in [0.15, 0.2) is 523 Å². The van der Waals surface area contributed by atoms with Crippen LogP contribution in [0, 0.1) is 0 Å². The quantitative estimate of drug-likeness (QED) is 0.114. The standard InChI is InChI=1S/3C44H28O/c1-3-15-29(16-4-1)32-19-7-8-21-34(32)43-37-24-11-9-22-35(37)42(36-23-10-12-25-38(36)43)31-27-39(30-17-5-2-6-18-30)44-40(28-31)33-20-13-14-26-41(33)45-44;1-3-15-29(16-4-1)31-19-7-8-21-33(31)43-34-22-9-11-24-36(34)44(37-25-12-10-23-35(37)43)40-27-39-32-20-13-14-26-41(32)45-42(39)28-38(40)30-17-5-2-6-18-30;1-3-14-29(15-4-1)32-18-7-8-19-34(32)43-37-22-11-9-20-35(37)42(36-21-10-12-23-38(36)43)31-26-27-41-40(28-31)39-25-13-24-33(44(39)45-41)30-16-5-2-6-17-30/h3*1-28H. The van der Waals surface area contributed by atoms with Gasteiger partial charge in [-0.1, -0.05) is 461 Å². The molecule has 0 saturated heterocycles. The van der Waals surface area contributed by atoms with Crippen LogP contribution in [0.2, 0.25) is 0 Å². The lowest BCUT2D eigenvalue weighted by molar-refractivity contribution is 0.669. The predicted molar refractivity (Wildman–Crippen MR) is 571 cm³/mol.